The van der Waals surface area contributed by atoms with Gasteiger partial charge >= 0.3 is 0 Å². The van der Waals surface area contributed by atoms with E-state index in [1.54, 1.807) is 13.1 Å². The maximum atomic E-state index is 13.8. The van der Waals surface area contributed by atoms with Crippen molar-refractivity contribution in [1.29, 1.82) is 0 Å². The van der Waals surface area contributed by atoms with Gasteiger partial charge in [-0.2, -0.15) is 5.10 Å². The van der Waals surface area contributed by atoms with Gasteiger partial charge in [0.1, 0.15) is 11.5 Å². The van der Waals surface area contributed by atoms with Gasteiger partial charge in [-0.3, -0.25) is 9.58 Å². The first kappa shape index (κ1) is 25.9. The molecule has 0 saturated carbocycles. The summed E-state index contributed by atoms with van der Waals surface area (Å²) in [7, 11) is 0. The monoisotopic (exact) mass is 528 g/mol. The molecule has 9 heteroatoms. The molecule has 0 spiro atoms. The third kappa shape index (κ3) is 5.60. The zero-order valence-corrected chi connectivity index (χ0v) is 22.3. The van der Waals surface area contributed by atoms with E-state index in [-0.39, 0.29) is 11.7 Å². The largest absolute Gasteiger partial charge is 0.369 e. The zero-order chi connectivity index (χ0) is 25.9. The Morgan fingerprint density at radius 3 is 2.54 bits per heavy atom. The van der Waals surface area contributed by atoms with Gasteiger partial charge in [0.2, 0.25) is 0 Å². The number of pyridine rings is 1. The van der Waals surface area contributed by atoms with E-state index in [1.165, 1.54) is 11.1 Å². The topological polar surface area (TPSA) is 40.4 Å². The summed E-state index contributed by atoms with van der Waals surface area (Å²) < 4.78 is 29.0. The van der Waals surface area contributed by atoms with Crippen LogP contribution in [0, 0.1) is 6.92 Å². The van der Waals surface area contributed by atoms with Gasteiger partial charge in [0.05, 0.1) is 12.2 Å². The second kappa shape index (κ2) is 11.4. The van der Waals surface area contributed by atoms with Gasteiger partial charge in [-0.15, -0.1) is 0 Å². The van der Waals surface area contributed by atoms with Crippen molar-refractivity contribution in [3.05, 3.63) is 59.0 Å². The number of piperidine rings is 1. The smallest absolute Gasteiger partial charge is 0.280 e. The third-order valence-corrected chi connectivity index (χ3v) is 7.81. The Labute approximate surface area is 222 Å². The molecular formula is C28H35ClF2N6. The highest BCUT2D eigenvalue weighted by atomic mass is 35.5. The Morgan fingerprint density at radius 2 is 1.84 bits per heavy atom. The highest BCUT2D eigenvalue weighted by Gasteiger charge is 2.29. The molecule has 198 valence electrons. The minimum Gasteiger partial charge on any atom is -0.369 e. The minimum absolute atomic E-state index is 0.0217. The summed E-state index contributed by atoms with van der Waals surface area (Å²) >= 11 is 6.44. The van der Waals surface area contributed by atoms with Crippen molar-refractivity contribution < 1.29 is 8.78 Å². The SMILES string of the molecule is CCCN1CCN(c2ccc(-c3ccc(Cl)cc3N3CCCC(n4ncc(C)c4C(F)F)C3)cn2)CC1. The Morgan fingerprint density at radius 1 is 1.03 bits per heavy atom. The fraction of sp³-hybridized carbons (Fsp3) is 0.500. The van der Waals surface area contributed by atoms with Gasteiger partial charge in [-0.1, -0.05) is 24.6 Å². The molecule has 2 fully saturated rings. The average Bonchev–Trinajstić information content (AvgIpc) is 3.31. The molecule has 0 radical (unpaired) electrons. The lowest BCUT2D eigenvalue weighted by Crippen LogP contribution is -2.46. The maximum absolute atomic E-state index is 13.8. The summed E-state index contributed by atoms with van der Waals surface area (Å²) in [6.45, 7) is 10.6. The minimum atomic E-state index is -2.54. The summed E-state index contributed by atoms with van der Waals surface area (Å²) in [4.78, 5) is 11.9. The Bertz CT molecular complexity index is 1190. The van der Waals surface area contributed by atoms with Crippen molar-refractivity contribution in [1.82, 2.24) is 19.7 Å². The second-order valence-corrected chi connectivity index (χ2v) is 10.5. The predicted molar refractivity (Wildman–Crippen MR) is 146 cm³/mol. The summed E-state index contributed by atoms with van der Waals surface area (Å²) in [5.41, 5.74) is 3.62. The van der Waals surface area contributed by atoms with Gasteiger partial charge in [-0.25, -0.2) is 13.8 Å². The Kier molecular flexibility index (Phi) is 7.95. The normalized spacial score (nSPS) is 19.1. The molecule has 2 saturated heterocycles. The predicted octanol–water partition coefficient (Wildman–Crippen LogP) is 6.22. The molecule has 2 aromatic heterocycles. The van der Waals surface area contributed by atoms with Crippen LogP contribution in [0.15, 0.2) is 42.7 Å². The van der Waals surface area contributed by atoms with Crippen LogP contribution in [0.3, 0.4) is 0 Å². The van der Waals surface area contributed by atoms with Crippen LogP contribution in [0.4, 0.5) is 20.3 Å². The molecule has 1 unspecified atom stereocenters. The molecule has 37 heavy (non-hydrogen) atoms. The number of hydrogen-bond donors (Lipinski definition) is 0. The maximum Gasteiger partial charge on any atom is 0.280 e. The lowest BCUT2D eigenvalue weighted by molar-refractivity contribution is 0.133. The van der Waals surface area contributed by atoms with Crippen molar-refractivity contribution in [2.45, 2.75) is 45.6 Å². The highest BCUT2D eigenvalue weighted by Crippen LogP contribution is 2.37. The lowest BCUT2D eigenvalue weighted by atomic mass is 10.00. The number of hydrogen-bond acceptors (Lipinski definition) is 5. The van der Waals surface area contributed by atoms with Crippen LogP contribution < -0.4 is 9.80 Å². The quantitative estimate of drug-likeness (QED) is 0.364. The first-order valence-corrected chi connectivity index (χ1v) is 13.6. The van der Waals surface area contributed by atoms with Crippen molar-refractivity contribution in [2.75, 3.05) is 55.6 Å². The number of alkyl halides is 2. The van der Waals surface area contributed by atoms with Crippen LogP contribution in [0.1, 0.15) is 49.9 Å². The zero-order valence-electron chi connectivity index (χ0n) is 21.6. The number of piperazine rings is 1. The van der Waals surface area contributed by atoms with Crippen molar-refractivity contribution in [3.8, 4) is 11.1 Å². The van der Waals surface area contributed by atoms with Crippen LogP contribution in [0.2, 0.25) is 5.02 Å². The molecule has 2 aliphatic rings. The van der Waals surface area contributed by atoms with Gasteiger partial charge in [0, 0.05) is 67.3 Å². The average molecular weight is 529 g/mol. The standard InChI is InChI=1S/C28H35ClF2N6/c1-3-10-34-12-14-35(15-13-34)26-9-6-21(18-32-26)24-8-7-22(29)16-25(24)36-11-4-5-23(19-36)37-27(28(30)31)20(2)17-33-37/h6-9,16-18,23,28H,3-5,10-15,19H2,1-2H3. The molecule has 1 atom stereocenters. The second-order valence-electron chi connectivity index (χ2n) is 10.1. The number of rotatable bonds is 7. The fourth-order valence-electron chi connectivity index (χ4n) is 5.65. The third-order valence-electron chi connectivity index (χ3n) is 7.57. The summed E-state index contributed by atoms with van der Waals surface area (Å²) in [6.07, 6.45) is 3.83. The van der Waals surface area contributed by atoms with E-state index in [0.29, 0.717) is 17.1 Å². The van der Waals surface area contributed by atoms with Crippen LogP contribution >= 0.6 is 11.6 Å². The number of aryl methyl sites for hydroxylation is 1. The van der Waals surface area contributed by atoms with Gasteiger partial charge < -0.3 is 9.80 Å². The van der Waals surface area contributed by atoms with Gasteiger partial charge in [0.25, 0.3) is 6.43 Å². The number of nitrogens with zero attached hydrogens (tertiary/aromatic N) is 6. The molecule has 3 aromatic rings. The molecule has 4 heterocycles. The fourth-order valence-corrected chi connectivity index (χ4v) is 5.82. The number of halogens is 3. The Balaban J connectivity index is 1.36. The summed E-state index contributed by atoms with van der Waals surface area (Å²) in [6, 6.07) is 10.0. The van der Waals surface area contributed by atoms with Crippen LogP contribution in [0.5, 0.6) is 0 Å². The van der Waals surface area contributed by atoms with Crippen molar-refractivity contribution in [2.24, 2.45) is 0 Å². The van der Waals surface area contributed by atoms with E-state index in [9.17, 15) is 8.78 Å². The number of anilines is 2. The molecule has 2 aliphatic heterocycles. The molecule has 0 amide bonds. The summed E-state index contributed by atoms with van der Waals surface area (Å²) in [5.74, 6) is 1.00. The van der Waals surface area contributed by atoms with E-state index in [2.05, 4.69) is 38.9 Å². The van der Waals surface area contributed by atoms with E-state index in [1.807, 2.05) is 24.4 Å². The lowest BCUT2D eigenvalue weighted by Gasteiger charge is -2.36. The molecule has 0 bridgehead atoms. The first-order valence-electron chi connectivity index (χ1n) is 13.2. The van der Waals surface area contributed by atoms with E-state index >= 15 is 0 Å². The van der Waals surface area contributed by atoms with Crippen molar-refractivity contribution in [3.63, 3.8) is 0 Å². The van der Waals surface area contributed by atoms with Crippen LogP contribution in [-0.2, 0) is 0 Å². The molecule has 0 aliphatic carbocycles. The van der Waals surface area contributed by atoms with Crippen LogP contribution in [0.25, 0.3) is 11.1 Å². The first-order chi connectivity index (χ1) is 17.9. The van der Waals surface area contributed by atoms with Crippen molar-refractivity contribution >= 4 is 23.1 Å². The number of aromatic nitrogens is 3. The molecule has 0 N–H and O–H groups in total. The Hall–Kier alpha value is -2.71. The molecular weight excluding hydrogens is 494 g/mol. The van der Waals surface area contributed by atoms with E-state index in [4.69, 9.17) is 16.6 Å². The van der Waals surface area contributed by atoms with Gasteiger partial charge in [-0.05, 0) is 62.6 Å². The molecule has 5 rings (SSSR count). The van der Waals surface area contributed by atoms with E-state index < -0.39 is 6.43 Å². The highest BCUT2D eigenvalue weighted by molar-refractivity contribution is 6.31. The van der Waals surface area contributed by atoms with Gasteiger partial charge in [0.15, 0.2) is 0 Å². The molecule has 6 nitrogen and oxygen atoms in total. The van der Waals surface area contributed by atoms with E-state index in [0.717, 1.165) is 74.7 Å². The van der Waals surface area contributed by atoms with Crippen LogP contribution in [-0.4, -0.2) is 65.5 Å². The molecule has 1 aromatic carbocycles. The number of benzene rings is 1. The summed E-state index contributed by atoms with van der Waals surface area (Å²) in [5, 5.41) is 4.97.